The van der Waals surface area contributed by atoms with Gasteiger partial charge in [0.25, 0.3) is 0 Å². The van der Waals surface area contributed by atoms with Crippen LogP contribution in [0.25, 0.3) is 0 Å². The van der Waals surface area contributed by atoms with Gasteiger partial charge in [-0.2, -0.15) is 0 Å². The van der Waals surface area contributed by atoms with Gasteiger partial charge in [-0.25, -0.2) is 0 Å². The molecule has 0 fully saturated rings. The van der Waals surface area contributed by atoms with Gasteiger partial charge in [-0.05, 0) is 24.3 Å². The van der Waals surface area contributed by atoms with E-state index in [1.165, 1.54) is 0 Å². The third kappa shape index (κ3) is 3.28. The maximum atomic E-state index is 4.31. The van der Waals surface area contributed by atoms with E-state index in [2.05, 4.69) is 15.0 Å². The van der Waals surface area contributed by atoms with E-state index in [4.69, 9.17) is 0 Å². The Hall–Kier alpha value is -2.03. The minimum absolute atomic E-state index is 0.744. The molecule has 0 aliphatic heterocycles. The molecule has 3 heteroatoms. The molecule has 16 heavy (non-hydrogen) atoms. The molecule has 0 radical (unpaired) electrons. The average molecular weight is 211 g/mol. The molecule has 3 nitrogen and oxygen atoms in total. The van der Waals surface area contributed by atoms with Gasteiger partial charge in [0.2, 0.25) is 0 Å². The van der Waals surface area contributed by atoms with Crippen molar-refractivity contribution in [1.29, 1.82) is 0 Å². The van der Waals surface area contributed by atoms with Crippen LogP contribution in [0.1, 0.15) is 11.4 Å². The van der Waals surface area contributed by atoms with Crippen LogP contribution in [0.15, 0.2) is 53.8 Å². The average Bonchev–Trinajstić information content (AvgIpc) is 2.37. The molecular formula is C13H13N3. The van der Waals surface area contributed by atoms with Crippen molar-refractivity contribution in [3.63, 3.8) is 0 Å². The fourth-order valence-corrected chi connectivity index (χ4v) is 1.34. The van der Waals surface area contributed by atoms with Gasteiger partial charge in [0, 0.05) is 37.3 Å². The van der Waals surface area contributed by atoms with Crippen molar-refractivity contribution in [2.75, 3.05) is 6.54 Å². The van der Waals surface area contributed by atoms with E-state index < -0.39 is 0 Å². The highest BCUT2D eigenvalue weighted by Gasteiger charge is 1.90. The van der Waals surface area contributed by atoms with Crippen LogP contribution in [0, 0.1) is 0 Å². The van der Waals surface area contributed by atoms with E-state index in [9.17, 15) is 0 Å². The summed E-state index contributed by atoms with van der Waals surface area (Å²) in [4.78, 5) is 12.7. The quantitative estimate of drug-likeness (QED) is 0.727. The number of rotatable bonds is 4. The minimum Gasteiger partial charge on any atom is -0.291 e. The number of aliphatic imine (C=N–C) groups is 1. The Kier molecular flexibility index (Phi) is 3.77. The molecule has 2 rings (SSSR count). The second-order valence-electron chi connectivity index (χ2n) is 3.36. The lowest BCUT2D eigenvalue weighted by Crippen LogP contribution is -1.93. The zero-order chi connectivity index (χ0) is 11.1. The molecule has 0 aromatic carbocycles. The van der Waals surface area contributed by atoms with Crippen LogP contribution in [0.2, 0.25) is 0 Å². The highest BCUT2D eigenvalue weighted by atomic mass is 14.8. The van der Waals surface area contributed by atoms with Gasteiger partial charge < -0.3 is 0 Å². The van der Waals surface area contributed by atoms with E-state index >= 15 is 0 Å². The van der Waals surface area contributed by atoms with Crippen molar-refractivity contribution >= 4 is 6.21 Å². The summed E-state index contributed by atoms with van der Waals surface area (Å²) in [7, 11) is 0. The lowest BCUT2D eigenvalue weighted by atomic mass is 10.3. The van der Waals surface area contributed by atoms with Crippen LogP contribution < -0.4 is 0 Å². The number of pyridine rings is 2. The number of nitrogens with zero attached hydrogens (tertiary/aromatic N) is 3. The molecule has 0 spiro atoms. The zero-order valence-corrected chi connectivity index (χ0v) is 8.95. The first-order chi connectivity index (χ1) is 7.95. The molecule has 0 atom stereocenters. The summed E-state index contributed by atoms with van der Waals surface area (Å²) in [6, 6.07) is 11.7. The molecule has 2 heterocycles. The Labute approximate surface area is 94.9 Å². The van der Waals surface area contributed by atoms with Crippen molar-refractivity contribution in [3.05, 3.63) is 60.2 Å². The van der Waals surface area contributed by atoms with Crippen LogP contribution in [-0.4, -0.2) is 22.7 Å². The molecule has 0 bridgehead atoms. The van der Waals surface area contributed by atoms with Gasteiger partial charge in [-0.1, -0.05) is 12.1 Å². The smallest absolute Gasteiger partial charge is 0.0807 e. The number of hydrogen-bond acceptors (Lipinski definition) is 3. The summed E-state index contributed by atoms with van der Waals surface area (Å²) >= 11 is 0. The Balaban J connectivity index is 1.83. The highest BCUT2D eigenvalue weighted by Crippen LogP contribution is 1.95. The molecular weight excluding hydrogens is 198 g/mol. The largest absolute Gasteiger partial charge is 0.291 e. The maximum Gasteiger partial charge on any atom is 0.0807 e. The van der Waals surface area contributed by atoms with Crippen LogP contribution in [0.5, 0.6) is 0 Å². The monoisotopic (exact) mass is 211 g/mol. The second-order valence-corrected chi connectivity index (χ2v) is 3.36. The lowest BCUT2D eigenvalue weighted by Gasteiger charge is -1.95. The van der Waals surface area contributed by atoms with E-state index in [0.29, 0.717) is 0 Å². The molecule has 80 valence electrons. The van der Waals surface area contributed by atoms with Crippen molar-refractivity contribution in [3.8, 4) is 0 Å². The molecule has 0 unspecified atom stereocenters. The standard InChI is InChI=1S/C13H13N3/c1-3-8-15-12(5-1)7-10-14-11-13-6-2-4-9-16-13/h1-6,8-9,11H,7,10H2. The van der Waals surface area contributed by atoms with Gasteiger partial charge in [0.15, 0.2) is 0 Å². The van der Waals surface area contributed by atoms with Crippen LogP contribution in [0.3, 0.4) is 0 Å². The predicted octanol–water partition coefficient (Wildman–Crippen LogP) is 2.14. The van der Waals surface area contributed by atoms with E-state index in [1.807, 2.05) is 36.4 Å². The third-order valence-electron chi connectivity index (χ3n) is 2.13. The van der Waals surface area contributed by atoms with Crippen LogP contribution in [-0.2, 0) is 6.42 Å². The van der Waals surface area contributed by atoms with Gasteiger partial charge >= 0.3 is 0 Å². The Morgan fingerprint density at radius 3 is 2.50 bits per heavy atom. The molecule has 2 aromatic heterocycles. The van der Waals surface area contributed by atoms with E-state index in [1.54, 1.807) is 18.6 Å². The van der Waals surface area contributed by atoms with Gasteiger partial charge in [-0.15, -0.1) is 0 Å². The fourth-order valence-electron chi connectivity index (χ4n) is 1.34. The summed E-state index contributed by atoms with van der Waals surface area (Å²) in [5.41, 5.74) is 1.96. The first-order valence-electron chi connectivity index (χ1n) is 5.26. The Morgan fingerprint density at radius 1 is 1.00 bits per heavy atom. The normalized spacial score (nSPS) is 10.8. The van der Waals surface area contributed by atoms with Crippen LogP contribution >= 0.6 is 0 Å². The summed E-state index contributed by atoms with van der Waals surface area (Å²) < 4.78 is 0. The Bertz CT molecular complexity index is 437. The summed E-state index contributed by atoms with van der Waals surface area (Å²) in [5, 5.41) is 0. The first-order valence-corrected chi connectivity index (χ1v) is 5.26. The van der Waals surface area contributed by atoms with Gasteiger partial charge in [-0.3, -0.25) is 15.0 Å². The Morgan fingerprint density at radius 2 is 1.81 bits per heavy atom. The van der Waals surface area contributed by atoms with Crippen LogP contribution in [0.4, 0.5) is 0 Å². The topological polar surface area (TPSA) is 38.1 Å². The second kappa shape index (κ2) is 5.75. The van der Waals surface area contributed by atoms with Crippen molar-refractivity contribution in [1.82, 2.24) is 9.97 Å². The number of aromatic nitrogens is 2. The van der Waals surface area contributed by atoms with E-state index in [0.717, 1.165) is 24.4 Å². The van der Waals surface area contributed by atoms with Gasteiger partial charge in [0.05, 0.1) is 5.69 Å². The lowest BCUT2D eigenvalue weighted by molar-refractivity contribution is 0.926. The highest BCUT2D eigenvalue weighted by molar-refractivity contribution is 5.76. The molecule has 0 aliphatic rings. The zero-order valence-electron chi connectivity index (χ0n) is 8.95. The fraction of sp³-hybridized carbons (Fsp3) is 0.154. The third-order valence-corrected chi connectivity index (χ3v) is 2.13. The summed E-state index contributed by atoms with van der Waals surface area (Å²) in [5.74, 6) is 0. The van der Waals surface area contributed by atoms with Gasteiger partial charge in [0.1, 0.15) is 0 Å². The minimum atomic E-state index is 0.744. The van der Waals surface area contributed by atoms with Crippen molar-refractivity contribution < 1.29 is 0 Å². The maximum absolute atomic E-state index is 4.31. The van der Waals surface area contributed by atoms with Crippen molar-refractivity contribution in [2.45, 2.75) is 6.42 Å². The molecule has 0 saturated heterocycles. The first kappa shape index (κ1) is 10.5. The predicted molar refractivity (Wildman–Crippen MR) is 64.6 cm³/mol. The molecule has 0 saturated carbocycles. The summed E-state index contributed by atoms with van der Waals surface area (Å²) in [6.07, 6.45) is 6.23. The SMILES string of the molecule is C(=NCCc1ccccn1)c1ccccn1. The number of hydrogen-bond donors (Lipinski definition) is 0. The molecule has 2 aromatic rings. The molecule has 0 N–H and O–H groups in total. The molecule has 0 amide bonds. The van der Waals surface area contributed by atoms with E-state index in [-0.39, 0.29) is 0 Å². The molecule has 0 aliphatic carbocycles. The summed E-state index contributed by atoms with van der Waals surface area (Å²) in [6.45, 7) is 0.744. The van der Waals surface area contributed by atoms with Crippen molar-refractivity contribution in [2.24, 2.45) is 4.99 Å².